The van der Waals surface area contributed by atoms with Crippen LogP contribution in [0.5, 0.6) is 0 Å². The van der Waals surface area contributed by atoms with Crippen LogP contribution in [-0.4, -0.2) is 18.8 Å². The van der Waals surface area contributed by atoms with Crippen LogP contribution in [0.25, 0.3) is 0 Å². The molecule has 0 saturated heterocycles. The van der Waals surface area contributed by atoms with E-state index in [1.807, 2.05) is 13.0 Å². The molecule has 0 fully saturated rings. The molecule has 4 heteroatoms. The first-order valence-corrected chi connectivity index (χ1v) is 6.53. The van der Waals surface area contributed by atoms with Crippen LogP contribution in [0.15, 0.2) is 24.3 Å². The fourth-order valence-electron chi connectivity index (χ4n) is 2.11. The zero-order valence-electron chi connectivity index (χ0n) is 11.2. The molecule has 102 valence electrons. The van der Waals surface area contributed by atoms with Crippen LogP contribution in [0.2, 0.25) is 0 Å². The topological polar surface area (TPSA) is 47.3 Å². The van der Waals surface area contributed by atoms with Crippen molar-refractivity contribution in [1.82, 2.24) is 5.43 Å². The third-order valence-electron chi connectivity index (χ3n) is 2.96. The first kappa shape index (κ1) is 15.1. The summed E-state index contributed by atoms with van der Waals surface area (Å²) < 4.78 is 18.8. The zero-order chi connectivity index (χ0) is 13.4. The molecule has 2 atom stereocenters. The summed E-state index contributed by atoms with van der Waals surface area (Å²) in [5, 5.41) is 0. The van der Waals surface area contributed by atoms with E-state index >= 15 is 0 Å². The van der Waals surface area contributed by atoms with Crippen molar-refractivity contribution in [1.29, 1.82) is 0 Å². The quantitative estimate of drug-likeness (QED) is 0.553. The Labute approximate surface area is 108 Å². The Morgan fingerprint density at radius 3 is 2.72 bits per heavy atom. The van der Waals surface area contributed by atoms with E-state index < -0.39 is 0 Å². The van der Waals surface area contributed by atoms with E-state index in [1.165, 1.54) is 6.07 Å². The molecule has 0 aliphatic heterocycles. The van der Waals surface area contributed by atoms with Gasteiger partial charge in [0.05, 0.1) is 12.1 Å². The predicted octanol–water partition coefficient (Wildman–Crippen LogP) is 2.41. The molecule has 0 heterocycles. The molecule has 1 rings (SSSR count). The maximum Gasteiger partial charge on any atom is 0.123 e. The fourth-order valence-corrected chi connectivity index (χ4v) is 2.11. The van der Waals surface area contributed by atoms with E-state index in [4.69, 9.17) is 10.6 Å². The average molecular weight is 254 g/mol. The summed E-state index contributed by atoms with van der Waals surface area (Å²) in [5.74, 6) is 5.38. The SMILES string of the molecule is CCCC(OCC)C(Cc1cccc(F)c1)NN. The van der Waals surface area contributed by atoms with Gasteiger partial charge >= 0.3 is 0 Å². The van der Waals surface area contributed by atoms with Crippen LogP contribution < -0.4 is 11.3 Å². The van der Waals surface area contributed by atoms with Crippen molar-refractivity contribution in [3.63, 3.8) is 0 Å². The summed E-state index contributed by atoms with van der Waals surface area (Å²) in [5.41, 5.74) is 3.72. The summed E-state index contributed by atoms with van der Waals surface area (Å²) >= 11 is 0. The number of ether oxygens (including phenoxy) is 1. The van der Waals surface area contributed by atoms with Gasteiger partial charge in [0.2, 0.25) is 0 Å². The van der Waals surface area contributed by atoms with E-state index in [0.717, 1.165) is 18.4 Å². The van der Waals surface area contributed by atoms with Crippen LogP contribution in [0, 0.1) is 5.82 Å². The molecule has 0 saturated carbocycles. The minimum atomic E-state index is -0.216. The van der Waals surface area contributed by atoms with E-state index in [2.05, 4.69) is 12.3 Å². The lowest BCUT2D eigenvalue weighted by Crippen LogP contribution is -2.46. The highest BCUT2D eigenvalue weighted by molar-refractivity contribution is 5.17. The minimum Gasteiger partial charge on any atom is -0.377 e. The van der Waals surface area contributed by atoms with E-state index in [0.29, 0.717) is 13.0 Å². The monoisotopic (exact) mass is 254 g/mol. The van der Waals surface area contributed by atoms with Crippen molar-refractivity contribution in [2.24, 2.45) is 5.84 Å². The normalized spacial score (nSPS) is 14.4. The summed E-state index contributed by atoms with van der Waals surface area (Å²) in [6, 6.07) is 6.61. The number of hydrogen-bond donors (Lipinski definition) is 2. The van der Waals surface area contributed by atoms with Gasteiger partial charge in [0.15, 0.2) is 0 Å². The number of benzene rings is 1. The molecule has 2 unspecified atom stereocenters. The van der Waals surface area contributed by atoms with E-state index in [1.54, 1.807) is 12.1 Å². The lowest BCUT2D eigenvalue weighted by Gasteiger charge is -2.26. The molecule has 0 spiro atoms. The molecule has 3 nitrogen and oxygen atoms in total. The molecule has 0 bridgehead atoms. The molecule has 1 aromatic carbocycles. The molecule has 3 N–H and O–H groups in total. The van der Waals surface area contributed by atoms with Crippen LogP contribution in [-0.2, 0) is 11.2 Å². The Morgan fingerprint density at radius 1 is 1.39 bits per heavy atom. The van der Waals surface area contributed by atoms with Crippen molar-refractivity contribution in [3.05, 3.63) is 35.6 Å². The van der Waals surface area contributed by atoms with Crippen LogP contribution in [0.3, 0.4) is 0 Å². The van der Waals surface area contributed by atoms with Gasteiger partial charge in [0, 0.05) is 6.61 Å². The first-order chi connectivity index (χ1) is 8.71. The summed E-state index contributed by atoms with van der Waals surface area (Å²) in [6.45, 7) is 4.74. The van der Waals surface area contributed by atoms with Gasteiger partial charge in [-0.25, -0.2) is 4.39 Å². The number of nitrogens with one attached hydrogen (secondary N) is 1. The predicted molar refractivity (Wildman–Crippen MR) is 71.5 cm³/mol. The third kappa shape index (κ3) is 4.72. The summed E-state index contributed by atoms with van der Waals surface area (Å²) in [7, 11) is 0. The lowest BCUT2D eigenvalue weighted by molar-refractivity contribution is 0.0281. The average Bonchev–Trinajstić information content (AvgIpc) is 2.36. The Bertz CT molecular complexity index is 340. The van der Waals surface area contributed by atoms with Crippen molar-refractivity contribution in [2.75, 3.05) is 6.61 Å². The highest BCUT2D eigenvalue weighted by atomic mass is 19.1. The van der Waals surface area contributed by atoms with Crippen LogP contribution >= 0.6 is 0 Å². The number of nitrogens with two attached hydrogens (primary N) is 1. The maximum absolute atomic E-state index is 13.1. The molecule has 0 amide bonds. The largest absolute Gasteiger partial charge is 0.377 e. The number of halogens is 1. The van der Waals surface area contributed by atoms with Gasteiger partial charge in [-0.3, -0.25) is 11.3 Å². The third-order valence-corrected chi connectivity index (χ3v) is 2.96. The van der Waals surface area contributed by atoms with E-state index in [-0.39, 0.29) is 18.0 Å². The summed E-state index contributed by atoms with van der Waals surface area (Å²) in [6.07, 6.45) is 2.71. The molecule has 0 aromatic heterocycles. The van der Waals surface area contributed by atoms with E-state index in [9.17, 15) is 4.39 Å². The van der Waals surface area contributed by atoms with Crippen molar-refractivity contribution >= 4 is 0 Å². The number of rotatable bonds is 8. The Kier molecular flexibility index (Phi) is 6.86. The van der Waals surface area contributed by atoms with Gasteiger partial charge < -0.3 is 4.74 Å². The van der Waals surface area contributed by atoms with Crippen molar-refractivity contribution in [3.8, 4) is 0 Å². The molecule has 0 radical (unpaired) electrons. The minimum absolute atomic E-state index is 0.00620. The standard InChI is InChI=1S/C14H23FN2O/c1-3-6-14(18-4-2)13(17-16)10-11-7-5-8-12(15)9-11/h5,7-9,13-14,17H,3-4,6,10,16H2,1-2H3. The molecule has 1 aromatic rings. The molecule has 18 heavy (non-hydrogen) atoms. The van der Waals surface area contributed by atoms with Crippen molar-refractivity contribution in [2.45, 2.75) is 45.3 Å². The van der Waals surface area contributed by atoms with Crippen molar-refractivity contribution < 1.29 is 9.13 Å². The van der Waals surface area contributed by atoms with Gasteiger partial charge in [0.25, 0.3) is 0 Å². The molecular weight excluding hydrogens is 231 g/mol. The molecule has 0 aliphatic carbocycles. The fraction of sp³-hybridized carbons (Fsp3) is 0.571. The van der Waals surface area contributed by atoms with Gasteiger partial charge in [-0.1, -0.05) is 25.5 Å². The first-order valence-electron chi connectivity index (χ1n) is 6.53. The zero-order valence-corrected chi connectivity index (χ0v) is 11.2. The van der Waals surface area contributed by atoms with Crippen LogP contribution in [0.4, 0.5) is 4.39 Å². The maximum atomic E-state index is 13.1. The Morgan fingerprint density at radius 2 is 2.17 bits per heavy atom. The highest BCUT2D eigenvalue weighted by Gasteiger charge is 2.20. The lowest BCUT2D eigenvalue weighted by atomic mass is 9.99. The Balaban J connectivity index is 2.69. The van der Waals surface area contributed by atoms with Crippen LogP contribution in [0.1, 0.15) is 32.3 Å². The smallest absolute Gasteiger partial charge is 0.123 e. The Hall–Kier alpha value is -0.970. The summed E-state index contributed by atoms with van der Waals surface area (Å²) in [4.78, 5) is 0. The van der Waals surface area contributed by atoms with Gasteiger partial charge in [-0.05, 0) is 37.5 Å². The number of hydrazine groups is 1. The van der Waals surface area contributed by atoms with Gasteiger partial charge in [-0.15, -0.1) is 0 Å². The second-order valence-corrected chi connectivity index (χ2v) is 4.39. The second-order valence-electron chi connectivity index (χ2n) is 4.39. The molecule has 0 aliphatic rings. The van der Waals surface area contributed by atoms with Gasteiger partial charge in [-0.2, -0.15) is 0 Å². The number of hydrogen-bond acceptors (Lipinski definition) is 3. The second kappa shape index (κ2) is 8.19. The molecular formula is C14H23FN2O. The van der Waals surface area contributed by atoms with Gasteiger partial charge in [0.1, 0.15) is 5.82 Å². The highest BCUT2D eigenvalue weighted by Crippen LogP contribution is 2.13.